The summed E-state index contributed by atoms with van der Waals surface area (Å²) in [5.41, 5.74) is 15.9. The average Bonchev–Trinajstić information content (AvgIpc) is 3.68. The van der Waals surface area contributed by atoms with E-state index in [1.807, 2.05) is 6.07 Å². The number of hydrogen-bond acceptors (Lipinski definition) is 2. The van der Waals surface area contributed by atoms with Crippen molar-refractivity contribution in [3.05, 3.63) is 173 Å². The number of fused-ring (bicyclic) bond motifs is 9. The average molecular weight is 618 g/mol. The van der Waals surface area contributed by atoms with Crippen molar-refractivity contribution in [3.63, 3.8) is 0 Å². The Hall–Kier alpha value is -5.60. The van der Waals surface area contributed by atoms with Crippen molar-refractivity contribution in [2.24, 2.45) is 0 Å². The summed E-state index contributed by atoms with van der Waals surface area (Å²) in [5, 5.41) is 8.36. The zero-order valence-corrected chi connectivity index (χ0v) is 27.2. The molecule has 48 heavy (non-hydrogen) atoms. The Kier molecular flexibility index (Phi) is 5.84. The van der Waals surface area contributed by atoms with E-state index >= 15 is 0 Å². The molecule has 1 N–H and O–H groups in total. The highest BCUT2D eigenvalue weighted by atomic mass is 16.5. The van der Waals surface area contributed by atoms with E-state index in [0.717, 1.165) is 35.2 Å². The van der Waals surface area contributed by atoms with Crippen LogP contribution in [0.2, 0.25) is 0 Å². The molecular weight excluding hydrogens is 583 g/mol. The van der Waals surface area contributed by atoms with Gasteiger partial charge in [0.05, 0.1) is 5.69 Å². The first-order valence-corrected chi connectivity index (χ1v) is 17.1. The summed E-state index contributed by atoms with van der Waals surface area (Å²) in [4.78, 5) is 0. The molecule has 1 aliphatic heterocycles. The van der Waals surface area contributed by atoms with E-state index in [1.54, 1.807) is 5.57 Å². The van der Waals surface area contributed by atoms with Crippen molar-refractivity contribution < 1.29 is 4.74 Å². The second-order valence-corrected chi connectivity index (χ2v) is 14.1. The smallest absolute Gasteiger partial charge is 0.196 e. The second kappa shape index (κ2) is 10.2. The Morgan fingerprint density at radius 1 is 0.604 bits per heavy atom. The predicted octanol–water partition coefficient (Wildman–Crippen LogP) is 11.9. The third-order valence-electron chi connectivity index (χ3n) is 11.1. The minimum atomic E-state index is -0.199. The maximum absolute atomic E-state index is 6.63. The van der Waals surface area contributed by atoms with Gasteiger partial charge in [-0.25, -0.2) is 0 Å². The van der Waals surface area contributed by atoms with Crippen LogP contribution >= 0.6 is 0 Å². The number of allylic oxidation sites excluding steroid dienone is 1. The van der Waals surface area contributed by atoms with Crippen LogP contribution in [0, 0.1) is 0 Å². The van der Waals surface area contributed by atoms with E-state index < -0.39 is 0 Å². The van der Waals surface area contributed by atoms with Crippen LogP contribution in [0.4, 0.5) is 5.69 Å². The number of anilines is 1. The van der Waals surface area contributed by atoms with Gasteiger partial charge in [0.15, 0.2) is 12.0 Å². The van der Waals surface area contributed by atoms with E-state index in [2.05, 4.69) is 153 Å². The van der Waals surface area contributed by atoms with Gasteiger partial charge in [-0.2, -0.15) is 0 Å². The van der Waals surface area contributed by atoms with Gasteiger partial charge < -0.3 is 10.1 Å². The van der Waals surface area contributed by atoms with Crippen LogP contribution in [0.1, 0.15) is 54.3 Å². The molecule has 0 saturated heterocycles. The summed E-state index contributed by atoms with van der Waals surface area (Å²) >= 11 is 0. The largest absolute Gasteiger partial charge is 0.464 e. The van der Waals surface area contributed by atoms with Crippen molar-refractivity contribution in [3.8, 4) is 28.0 Å². The molecule has 7 aromatic carbocycles. The lowest BCUT2D eigenvalue weighted by atomic mass is 9.76. The maximum atomic E-state index is 6.63. The van der Waals surface area contributed by atoms with Crippen molar-refractivity contribution >= 4 is 32.8 Å². The molecule has 3 aliphatic rings. The predicted molar refractivity (Wildman–Crippen MR) is 200 cm³/mol. The monoisotopic (exact) mass is 617 g/mol. The Morgan fingerprint density at radius 2 is 1.31 bits per heavy atom. The fourth-order valence-electron chi connectivity index (χ4n) is 8.56. The third-order valence-corrected chi connectivity index (χ3v) is 11.1. The van der Waals surface area contributed by atoms with Gasteiger partial charge in [-0.15, -0.1) is 0 Å². The zero-order valence-electron chi connectivity index (χ0n) is 27.2. The van der Waals surface area contributed by atoms with Crippen LogP contribution < -0.4 is 10.1 Å². The molecule has 10 rings (SSSR count). The van der Waals surface area contributed by atoms with E-state index in [-0.39, 0.29) is 11.6 Å². The van der Waals surface area contributed by atoms with Crippen molar-refractivity contribution in [1.29, 1.82) is 0 Å². The number of benzene rings is 7. The lowest BCUT2D eigenvalue weighted by Gasteiger charge is -2.28. The number of rotatable bonds is 3. The molecular formula is C46H35NO. The fourth-order valence-corrected chi connectivity index (χ4v) is 8.56. The molecule has 1 atom stereocenters. The minimum Gasteiger partial charge on any atom is -0.464 e. The van der Waals surface area contributed by atoms with E-state index in [0.29, 0.717) is 0 Å². The van der Waals surface area contributed by atoms with Gasteiger partial charge in [0.25, 0.3) is 0 Å². The van der Waals surface area contributed by atoms with Crippen molar-refractivity contribution in [2.75, 3.05) is 5.32 Å². The van der Waals surface area contributed by atoms with Gasteiger partial charge in [0, 0.05) is 16.4 Å². The highest BCUT2D eigenvalue weighted by molar-refractivity contribution is 6.14. The number of nitrogens with one attached hydrogen (secondary N) is 1. The molecule has 0 radical (unpaired) electrons. The summed E-state index contributed by atoms with van der Waals surface area (Å²) in [5.74, 6) is 0.928. The summed E-state index contributed by atoms with van der Waals surface area (Å²) in [7, 11) is 0. The van der Waals surface area contributed by atoms with E-state index in [1.165, 1.54) is 66.2 Å². The SMILES string of the molecule is CC1(C)C2=C(c3ccccc3CC2)c2ccc(-c3cccc(-c4ccc5ccc6ccc7c(c6c5c4)OC(c4ccccc4)N7)c3)cc21. The van der Waals surface area contributed by atoms with Crippen LogP contribution in [0.3, 0.4) is 0 Å². The molecule has 0 aromatic heterocycles. The van der Waals surface area contributed by atoms with Gasteiger partial charge in [-0.05, 0) is 103 Å². The van der Waals surface area contributed by atoms with Crippen molar-refractivity contribution in [2.45, 2.75) is 38.3 Å². The quantitative estimate of drug-likeness (QED) is 0.199. The first-order valence-electron chi connectivity index (χ1n) is 17.1. The molecule has 7 aromatic rings. The van der Waals surface area contributed by atoms with E-state index in [4.69, 9.17) is 4.74 Å². The first kappa shape index (κ1) is 27.5. The normalized spacial score (nSPS) is 17.0. The number of hydrogen-bond donors (Lipinski definition) is 1. The molecule has 230 valence electrons. The molecule has 0 spiro atoms. The third kappa shape index (κ3) is 4.05. The van der Waals surface area contributed by atoms with Crippen LogP contribution in [0.15, 0.2) is 145 Å². The molecule has 1 heterocycles. The molecule has 0 fully saturated rings. The Bertz CT molecular complexity index is 2490. The summed E-state index contributed by atoms with van der Waals surface area (Å²) in [6.07, 6.45) is 2.06. The highest BCUT2D eigenvalue weighted by Gasteiger charge is 2.40. The number of aryl methyl sites for hydroxylation is 1. The van der Waals surface area contributed by atoms with Gasteiger partial charge in [-0.1, -0.05) is 135 Å². The molecule has 2 aliphatic carbocycles. The molecule has 0 bridgehead atoms. The highest BCUT2D eigenvalue weighted by Crippen LogP contribution is 2.54. The van der Waals surface area contributed by atoms with Crippen LogP contribution in [0.5, 0.6) is 5.75 Å². The van der Waals surface area contributed by atoms with Crippen LogP contribution in [-0.4, -0.2) is 0 Å². The van der Waals surface area contributed by atoms with Gasteiger partial charge in [-0.3, -0.25) is 0 Å². The molecule has 2 nitrogen and oxygen atoms in total. The van der Waals surface area contributed by atoms with Gasteiger partial charge in [0.1, 0.15) is 0 Å². The first-order chi connectivity index (χ1) is 23.5. The van der Waals surface area contributed by atoms with Crippen LogP contribution in [0.25, 0.3) is 49.4 Å². The molecule has 1 unspecified atom stereocenters. The Labute approximate surface area is 281 Å². The summed E-state index contributed by atoms with van der Waals surface area (Å²) < 4.78 is 6.63. The lowest BCUT2D eigenvalue weighted by Crippen LogP contribution is -2.19. The zero-order chi connectivity index (χ0) is 32.0. The lowest BCUT2D eigenvalue weighted by molar-refractivity contribution is 0.263. The Balaban J connectivity index is 1.05. The second-order valence-electron chi connectivity index (χ2n) is 14.1. The summed E-state index contributed by atoms with van der Waals surface area (Å²) in [6, 6.07) is 51.2. The molecule has 0 saturated carbocycles. The van der Waals surface area contributed by atoms with Gasteiger partial charge >= 0.3 is 0 Å². The summed E-state index contributed by atoms with van der Waals surface area (Å²) in [6.45, 7) is 4.83. The minimum absolute atomic E-state index is 0.0158. The maximum Gasteiger partial charge on any atom is 0.196 e. The number of ether oxygens (including phenoxy) is 1. The fraction of sp³-hybridized carbons (Fsp3) is 0.130. The molecule has 2 heteroatoms. The van der Waals surface area contributed by atoms with Crippen molar-refractivity contribution in [1.82, 2.24) is 0 Å². The Morgan fingerprint density at radius 3 is 2.19 bits per heavy atom. The van der Waals surface area contributed by atoms with E-state index in [9.17, 15) is 0 Å². The van der Waals surface area contributed by atoms with Crippen LogP contribution in [-0.2, 0) is 11.8 Å². The van der Waals surface area contributed by atoms with Gasteiger partial charge in [0.2, 0.25) is 0 Å². The topological polar surface area (TPSA) is 21.3 Å². The standard InChI is InChI=1S/C46H35NO/c1-46(2)39-23-20-28-9-6-7-14-36(28)43(39)37-22-19-35(27-40(37)46)33-13-8-12-32(25-33)34-18-16-29-15-17-30-21-24-41-44(42(30)38(29)26-34)48-45(47-41)31-10-4-3-5-11-31/h3-19,21-22,24-27,45,47H,20,23H2,1-2H3. The molecule has 0 amide bonds.